The molecule has 5 nitrogen and oxygen atoms in total. The molecule has 7 heteroatoms. The Hall–Kier alpha value is -2.70. The molecule has 120 valence electrons. The summed E-state index contributed by atoms with van der Waals surface area (Å²) in [5, 5.41) is -0.126. The molecule has 1 unspecified atom stereocenters. The molecule has 23 heavy (non-hydrogen) atoms. The molecule has 0 aliphatic carbocycles. The van der Waals surface area contributed by atoms with Gasteiger partial charge in [0.15, 0.2) is 11.6 Å². The molecule has 1 aliphatic rings. The van der Waals surface area contributed by atoms with Crippen LogP contribution in [0.3, 0.4) is 0 Å². The summed E-state index contributed by atoms with van der Waals surface area (Å²) in [6.45, 7) is 5.22. The van der Waals surface area contributed by atoms with Crippen molar-refractivity contribution >= 4 is 16.9 Å². The molecule has 0 N–H and O–H groups in total. The van der Waals surface area contributed by atoms with E-state index in [1.165, 1.54) is 16.8 Å². The molecule has 0 fully saturated rings. The number of nitrogens with zero attached hydrogens (tertiary/aromatic N) is 1. The Bertz CT molecular complexity index is 888. The van der Waals surface area contributed by atoms with Crippen molar-refractivity contribution in [2.24, 2.45) is 0 Å². The Balaban J connectivity index is 2.34. The third-order valence-corrected chi connectivity index (χ3v) is 3.66. The van der Waals surface area contributed by atoms with Crippen molar-refractivity contribution < 1.29 is 23.0 Å². The molecule has 0 bridgehead atoms. The Labute approximate surface area is 129 Å². The van der Waals surface area contributed by atoms with Crippen molar-refractivity contribution in [2.75, 3.05) is 13.2 Å². The second-order valence-corrected chi connectivity index (χ2v) is 5.22. The van der Waals surface area contributed by atoms with Crippen LogP contribution in [-0.4, -0.2) is 23.8 Å². The lowest BCUT2D eigenvalue weighted by molar-refractivity contribution is 0.0547. The van der Waals surface area contributed by atoms with Gasteiger partial charge in [0.2, 0.25) is 11.2 Å². The minimum absolute atomic E-state index is 0.0575. The summed E-state index contributed by atoms with van der Waals surface area (Å²) < 4.78 is 39.3. The van der Waals surface area contributed by atoms with E-state index in [9.17, 15) is 18.4 Å². The van der Waals surface area contributed by atoms with E-state index >= 15 is 0 Å². The van der Waals surface area contributed by atoms with E-state index in [-0.39, 0.29) is 41.5 Å². The Morgan fingerprint density at radius 1 is 1.57 bits per heavy atom. The van der Waals surface area contributed by atoms with E-state index in [1.54, 1.807) is 6.92 Å². The highest BCUT2D eigenvalue weighted by molar-refractivity contribution is 5.95. The van der Waals surface area contributed by atoms with Crippen molar-refractivity contribution in [3.8, 4) is 5.75 Å². The van der Waals surface area contributed by atoms with Gasteiger partial charge in [-0.25, -0.2) is 9.18 Å². The zero-order valence-electron chi connectivity index (χ0n) is 12.3. The number of pyridine rings is 1. The Kier molecular flexibility index (Phi) is 3.63. The van der Waals surface area contributed by atoms with Gasteiger partial charge in [-0.2, -0.15) is 4.39 Å². The van der Waals surface area contributed by atoms with Gasteiger partial charge in [0, 0.05) is 6.20 Å². The van der Waals surface area contributed by atoms with E-state index in [1.807, 2.05) is 0 Å². The highest BCUT2D eigenvalue weighted by Crippen LogP contribution is 2.35. The number of aromatic nitrogens is 1. The molecule has 0 saturated carbocycles. The zero-order chi connectivity index (χ0) is 16.7. The Morgan fingerprint density at radius 3 is 3.00 bits per heavy atom. The van der Waals surface area contributed by atoms with Gasteiger partial charge in [-0.05, 0) is 13.0 Å². The summed E-state index contributed by atoms with van der Waals surface area (Å²) in [5.41, 5.74) is -0.846. The minimum Gasteiger partial charge on any atom is -0.486 e. The quantitative estimate of drug-likeness (QED) is 0.644. The summed E-state index contributed by atoms with van der Waals surface area (Å²) >= 11 is 0. The average Bonchev–Trinajstić information content (AvgIpc) is 2.53. The van der Waals surface area contributed by atoms with Crippen molar-refractivity contribution in [3.05, 3.63) is 52.3 Å². The Morgan fingerprint density at radius 2 is 2.30 bits per heavy atom. The zero-order valence-corrected chi connectivity index (χ0v) is 12.3. The fourth-order valence-corrected chi connectivity index (χ4v) is 2.55. The molecule has 3 rings (SSSR count). The number of benzene rings is 1. The second-order valence-electron chi connectivity index (χ2n) is 5.22. The number of ether oxygens (including phenoxy) is 2. The molecule has 1 aromatic carbocycles. The van der Waals surface area contributed by atoms with Crippen LogP contribution >= 0.6 is 0 Å². The number of rotatable bonds is 3. The highest BCUT2D eigenvalue weighted by atomic mass is 19.2. The number of carbonyl (C=O) groups excluding carboxylic acids is 1. The first-order chi connectivity index (χ1) is 11.0. The topological polar surface area (TPSA) is 57.5 Å². The van der Waals surface area contributed by atoms with Crippen LogP contribution in [0.1, 0.15) is 23.3 Å². The maximum Gasteiger partial charge on any atom is 0.343 e. The van der Waals surface area contributed by atoms with Crippen LogP contribution in [0.4, 0.5) is 8.78 Å². The summed E-state index contributed by atoms with van der Waals surface area (Å²) in [7, 11) is 0. The van der Waals surface area contributed by atoms with Gasteiger partial charge in [-0.3, -0.25) is 4.79 Å². The summed E-state index contributed by atoms with van der Waals surface area (Å²) in [6, 6.07) is 0.514. The first-order valence-corrected chi connectivity index (χ1v) is 6.93. The standard InChI is InChI=1S/C16H13F2NO4/c1-3-4-22-16(21)10-6-19-8(2)7-23-15-12(18)11(17)5-9(13(15)19)14(10)20/h3,5-6,8H,1,4,7H2,2H3. The van der Waals surface area contributed by atoms with Crippen molar-refractivity contribution in [3.63, 3.8) is 0 Å². The van der Waals surface area contributed by atoms with E-state index in [0.717, 1.165) is 6.07 Å². The first kappa shape index (κ1) is 15.2. The van der Waals surface area contributed by atoms with Crippen LogP contribution in [0.2, 0.25) is 0 Å². The summed E-state index contributed by atoms with van der Waals surface area (Å²) in [5.74, 6) is -3.52. The van der Waals surface area contributed by atoms with Gasteiger partial charge < -0.3 is 14.0 Å². The smallest absolute Gasteiger partial charge is 0.343 e. The monoisotopic (exact) mass is 321 g/mol. The van der Waals surface area contributed by atoms with Gasteiger partial charge in [-0.1, -0.05) is 12.7 Å². The predicted octanol–water partition coefficient (Wildman–Crippen LogP) is 2.58. The molecule has 2 heterocycles. The molecule has 0 spiro atoms. The second kappa shape index (κ2) is 5.49. The number of hydrogen-bond donors (Lipinski definition) is 0. The molecule has 2 aromatic rings. The maximum atomic E-state index is 13.9. The number of hydrogen-bond acceptors (Lipinski definition) is 4. The lowest BCUT2D eigenvalue weighted by Crippen LogP contribution is -2.27. The van der Waals surface area contributed by atoms with Crippen molar-refractivity contribution in [1.29, 1.82) is 0 Å². The van der Waals surface area contributed by atoms with Crippen molar-refractivity contribution in [2.45, 2.75) is 13.0 Å². The predicted molar refractivity (Wildman–Crippen MR) is 78.8 cm³/mol. The molecular weight excluding hydrogens is 308 g/mol. The third kappa shape index (κ3) is 2.28. The molecule has 1 aliphatic heterocycles. The van der Waals surface area contributed by atoms with Gasteiger partial charge >= 0.3 is 5.97 Å². The van der Waals surface area contributed by atoms with E-state index in [4.69, 9.17) is 9.47 Å². The lowest BCUT2D eigenvalue weighted by Gasteiger charge is -2.27. The van der Waals surface area contributed by atoms with E-state index in [0.29, 0.717) is 0 Å². The van der Waals surface area contributed by atoms with Crippen LogP contribution in [-0.2, 0) is 4.74 Å². The van der Waals surface area contributed by atoms with Gasteiger partial charge in [0.05, 0.1) is 16.9 Å². The van der Waals surface area contributed by atoms with Crippen LogP contribution in [0.15, 0.2) is 29.7 Å². The molecule has 1 aromatic heterocycles. The van der Waals surface area contributed by atoms with Gasteiger partial charge in [-0.15, -0.1) is 0 Å². The average molecular weight is 321 g/mol. The van der Waals surface area contributed by atoms with E-state index in [2.05, 4.69) is 6.58 Å². The van der Waals surface area contributed by atoms with Crippen LogP contribution in [0, 0.1) is 11.6 Å². The fraction of sp³-hybridized carbons (Fsp3) is 0.250. The van der Waals surface area contributed by atoms with E-state index < -0.39 is 23.0 Å². The fourth-order valence-electron chi connectivity index (χ4n) is 2.55. The SMILES string of the molecule is C=CCOC(=O)c1cn2c3c(c(F)c(F)cc3c1=O)OCC2C. The van der Waals surface area contributed by atoms with Gasteiger partial charge in [0.25, 0.3) is 0 Å². The molecular formula is C16H13F2NO4. The molecule has 1 atom stereocenters. The van der Waals surface area contributed by atoms with Crippen LogP contribution in [0.5, 0.6) is 5.75 Å². The molecule has 0 saturated heterocycles. The number of carbonyl (C=O) groups is 1. The summed E-state index contributed by atoms with van der Waals surface area (Å²) in [6.07, 6.45) is 2.66. The third-order valence-electron chi connectivity index (χ3n) is 3.66. The summed E-state index contributed by atoms with van der Waals surface area (Å²) in [4.78, 5) is 24.5. The normalized spacial score (nSPS) is 16.0. The van der Waals surface area contributed by atoms with Gasteiger partial charge in [0.1, 0.15) is 18.8 Å². The maximum absolute atomic E-state index is 13.9. The lowest BCUT2D eigenvalue weighted by atomic mass is 10.1. The number of esters is 1. The number of halogens is 2. The van der Waals surface area contributed by atoms with Crippen molar-refractivity contribution in [1.82, 2.24) is 4.57 Å². The largest absolute Gasteiger partial charge is 0.486 e. The van der Waals surface area contributed by atoms with Crippen LogP contribution < -0.4 is 10.2 Å². The molecule has 0 amide bonds. The minimum atomic E-state index is -1.21. The highest BCUT2D eigenvalue weighted by Gasteiger charge is 2.28. The molecule has 0 radical (unpaired) electrons. The van der Waals surface area contributed by atoms with Crippen LogP contribution in [0.25, 0.3) is 10.9 Å². The first-order valence-electron chi connectivity index (χ1n) is 6.93.